The van der Waals surface area contributed by atoms with Crippen molar-refractivity contribution >= 4 is 29.9 Å². The molecule has 6 nitrogen and oxygen atoms in total. The summed E-state index contributed by atoms with van der Waals surface area (Å²) in [5.41, 5.74) is 6.78. The van der Waals surface area contributed by atoms with Crippen molar-refractivity contribution in [1.29, 1.82) is 0 Å². The molecule has 2 unspecified atom stereocenters. The van der Waals surface area contributed by atoms with Gasteiger partial charge in [-0.25, -0.2) is 0 Å². The molecule has 2 atom stereocenters. The minimum absolute atomic E-state index is 0. The van der Waals surface area contributed by atoms with Crippen molar-refractivity contribution in [3.8, 4) is 11.4 Å². The maximum Gasteiger partial charge on any atom is 0.231 e. The van der Waals surface area contributed by atoms with Gasteiger partial charge >= 0.3 is 0 Å². The molecule has 126 valence electrons. The number of aliphatic imine (C=N–C) groups is 1. The zero-order chi connectivity index (χ0) is 15.9. The van der Waals surface area contributed by atoms with E-state index in [0.29, 0.717) is 30.3 Å². The van der Waals surface area contributed by atoms with Gasteiger partial charge in [-0.15, -0.1) is 24.0 Å². The molecule has 0 amide bonds. The van der Waals surface area contributed by atoms with Crippen LogP contribution in [0.2, 0.25) is 0 Å². The highest BCUT2D eigenvalue weighted by atomic mass is 127. The first-order chi connectivity index (χ1) is 10.6. The lowest BCUT2D eigenvalue weighted by molar-refractivity contribution is 0.361. The molecule has 1 aromatic heterocycles. The average molecular weight is 429 g/mol. The Morgan fingerprint density at radius 2 is 2.00 bits per heavy atom. The van der Waals surface area contributed by atoms with Gasteiger partial charge in [0, 0.05) is 11.6 Å². The Balaban J connectivity index is 0.00000264. The molecule has 0 aliphatic rings. The highest BCUT2D eigenvalue weighted by Gasteiger charge is 2.15. The highest BCUT2D eigenvalue weighted by Crippen LogP contribution is 2.19. The topological polar surface area (TPSA) is 89.3 Å². The number of halogens is 1. The molecule has 0 aliphatic carbocycles. The summed E-state index contributed by atoms with van der Waals surface area (Å²) in [5.74, 6) is 1.63. The molecular formula is C16H24IN5O. The molecule has 0 bridgehead atoms. The van der Waals surface area contributed by atoms with Gasteiger partial charge in [-0.2, -0.15) is 4.98 Å². The zero-order valence-corrected chi connectivity index (χ0v) is 16.0. The van der Waals surface area contributed by atoms with Crippen LogP contribution in [-0.2, 0) is 0 Å². The zero-order valence-electron chi connectivity index (χ0n) is 13.7. The van der Waals surface area contributed by atoms with E-state index in [9.17, 15) is 0 Å². The van der Waals surface area contributed by atoms with Crippen LogP contribution in [0, 0.1) is 0 Å². The molecule has 0 radical (unpaired) electrons. The van der Waals surface area contributed by atoms with E-state index in [-0.39, 0.29) is 29.9 Å². The maximum atomic E-state index is 5.85. The summed E-state index contributed by atoms with van der Waals surface area (Å²) in [4.78, 5) is 8.75. The van der Waals surface area contributed by atoms with Gasteiger partial charge in [0.1, 0.15) is 0 Å². The lowest BCUT2D eigenvalue weighted by Gasteiger charge is -2.12. The van der Waals surface area contributed by atoms with Crippen LogP contribution >= 0.6 is 24.0 Å². The van der Waals surface area contributed by atoms with Gasteiger partial charge in [-0.3, -0.25) is 4.99 Å². The number of benzene rings is 1. The molecule has 1 heterocycles. The summed E-state index contributed by atoms with van der Waals surface area (Å²) < 4.78 is 5.32. The SMILES string of the molecule is CCC(C)NC(N)=NCC(C)c1nc(-c2ccccc2)no1.I. The fraction of sp³-hybridized carbons (Fsp3) is 0.438. The third-order valence-electron chi connectivity index (χ3n) is 3.44. The van der Waals surface area contributed by atoms with Crippen molar-refractivity contribution in [3.63, 3.8) is 0 Å². The number of guanidine groups is 1. The fourth-order valence-electron chi connectivity index (χ4n) is 1.85. The maximum absolute atomic E-state index is 5.85. The molecule has 1 aromatic carbocycles. The second kappa shape index (κ2) is 9.49. The van der Waals surface area contributed by atoms with Gasteiger partial charge in [-0.1, -0.05) is 49.3 Å². The average Bonchev–Trinajstić information content (AvgIpc) is 3.03. The number of hydrogen-bond acceptors (Lipinski definition) is 4. The third kappa shape index (κ3) is 5.81. The Morgan fingerprint density at radius 1 is 1.30 bits per heavy atom. The van der Waals surface area contributed by atoms with Crippen LogP contribution in [0.15, 0.2) is 39.8 Å². The van der Waals surface area contributed by atoms with Crippen molar-refractivity contribution < 1.29 is 4.52 Å². The van der Waals surface area contributed by atoms with Crippen LogP contribution in [0.5, 0.6) is 0 Å². The molecule has 0 spiro atoms. The van der Waals surface area contributed by atoms with Crippen molar-refractivity contribution in [2.45, 2.75) is 39.2 Å². The molecule has 2 aromatic rings. The Hall–Kier alpha value is -1.64. The summed E-state index contributed by atoms with van der Waals surface area (Å²) in [6.45, 7) is 6.65. The van der Waals surface area contributed by atoms with E-state index in [2.05, 4.69) is 34.3 Å². The van der Waals surface area contributed by atoms with E-state index in [1.54, 1.807) is 0 Å². The fourth-order valence-corrected chi connectivity index (χ4v) is 1.85. The largest absolute Gasteiger partial charge is 0.370 e. The van der Waals surface area contributed by atoms with Gasteiger partial charge in [-0.05, 0) is 13.3 Å². The number of nitrogens with two attached hydrogens (primary N) is 1. The Bertz CT molecular complexity index is 614. The van der Waals surface area contributed by atoms with Crippen molar-refractivity contribution in [2.24, 2.45) is 10.7 Å². The van der Waals surface area contributed by atoms with Gasteiger partial charge in [0.25, 0.3) is 0 Å². The van der Waals surface area contributed by atoms with Gasteiger partial charge < -0.3 is 15.6 Å². The van der Waals surface area contributed by atoms with Crippen LogP contribution in [0.4, 0.5) is 0 Å². The van der Waals surface area contributed by atoms with E-state index in [4.69, 9.17) is 10.3 Å². The standard InChI is InChI=1S/C16H23N5O.HI/c1-4-12(3)19-16(17)18-10-11(2)15-20-14(21-22-15)13-8-6-5-7-9-13;/h5-9,11-12H,4,10H2,1-3H3,(H3,17,18,19);1H. The predicted molar refractivity (Wildman–Crippen MR) is 103 cm³/mol. The molecule has 0 fully saturated rings. The quantitative estimate of drug-likeness (QED) is 0.418. The van der Waals surface area contributed by atoms with Crippen molar-refractivity contribution in [2.75, 3.05) is 6.54 Å². The van der Waals surface area contributed by atoms with Gasteiger partial charge in [0.05, 0.1) is 12.5 Å². The first kappa shape index (κ1) is 19.4. The molecule has 7 heteroatoms. The summed E-state index contributed by atoms with van der Waals surface area (Å²) in [7, 11) is 0. The lowest BCUT2D eigenvalue weighted by Crippen LogP contribution is -2.38. The predicted octanol–water partition coefficient (Wildman–Crippen LogP) is 3.16. The summed E-state index contributed by atoms with van der Waals surface area (Å²) >= 11 is 0. The summed E-state index contributed by atoms with van der Waals surface area (Å²) in [5, 5.41) is 7.14. The molecular weight excluding hydrogens is 405 g/mol. The number of rotatable bonds is 6. The van der Waals surface area contributed by atoms with Gasteiger partial charge in [0.2, 0.25) is 11.7 Å². The molecule has 2 rings (SSSR count). The third-order valence-corrected chi connectivity index (χ3v) is 3.44. The Morgan fingerprint density at radius 3 is 2.65 bits per heavy atom. The van der Waals surface area contributed by atoms with E-state index in [0.717, 1.165) is 12.0 Å². The number of nitrogens with one attached hydrogen (secondary N) is 1. The Kier molecular flexibility index (Phi) is 8.01. The smallest absolute Gasteiger partial charge is 0.231 e. The highest BCUT2D eigenvalue weighted by molar-refractivity contribution is 14.0. The number of aromatic nitrogens is 2. The normalized spacial score (nSPS) is 14.0. The first-order valence-electron chi connectivity index (χ1n) is 7.55. The summed E-state index contributed by atoms with van der Waals surface area (Å²) in [6, 6.07) is 10.1. The van der Waals surface area contributed by atoms with E-state index < -0.39 is 0 Å². The second-order valence-corrected chi connectivity index (χ2v) is 5.40. The minimum atomic E-state index is 0. The summed E-state index contributed by atoms with van der Waals surface area (Å²) in [6.07, 6.45) is 0.996. The molecule has 0 aliphatic heterocycles. The van der Waals surface area contributed by atoms with Gasteiger partial charge in [0.15, 0.2) is 5.96 Å². The monoisotopic (exact) mass is 429 g/mol. The van der Waals surface area contributed by atoms with Crippen LogP contribution in [0.3, 0.4) is 0 Å². The van der Waals surface area contributed by atoms with Crippen LogP contribution in [0.25, 0.3) is 11.4 Å². The second-order valence-electron chi connectivity index (χ2n) is 5.40. The van der Waals surface area contributed by atoms with E-state index >= 15 is 0 Å². The molecule has 0 saturated carbocycles. The number of hydrogen-bond donors (Lipinski definition) is 2. The number of nitrogens with zero attached hydrogens (tertiary/aromatic N) is 3. The van der Waals surface area contributed by atoms with Crippen LogP contribution in [-0.4, -0.2) is 28.7 Å². The van der Waals surface area contributed by atoms with Crippen LogP contribution < -0.4 is 11.1 Å². The first-order valence-corrected chi connectivity index (χ1v) is 7.55. The van der Waals surface area contributed by atoms with E-state index in [1.165, 1.54) is 0 Å². The van der Waals surface area contributed by atoms with E-state index in [1.807, 2.05) is 37.3 Å². The van der Waals surface area contributed by atoms with Crippen LogP contribution in [0.1, 0.15) is 39.0 Å². The minimum Gasteiger partial charge on any atom is -0.370 e. The lowest BCUT2D eigenvalue weighted by atomic mass is 10.2. The molecule has 23 heavy (non-hydrogen) atoms. The van der Waals surface area contributed by atoms with Crippen molar-refractivity contribution in [1.82, 2.24) is 15.5 Å². The molecule has 0 saturated heterocycles. The Labute approximate surface area is 154 Å². The molecule has 3 N–H and O–H groups in total. The van der Waals surface area contributed by atoms with Crippen molar-refractivity contribution in [3.05, 3.63) is 36.2 Å².